The van der Waals surface area contributed by atoms with Gasteiger partial charge in [0.2, 0.25) is 0 Å². The van der Waals surface area contributed by atoms with Gasteiger partial charge in [-0.05, 0) is 42.3 Å². The average Bonchev–Trinajstić information content (AvgIpc) is 2.58. The zero-order valence-corrected chi connectivity index (χ0v) is 12.9. The minimum Gasteiger partial charge on any atom is -0.494 e. The summed E-state index contributed by atoms with van der Waals surface area (Å²) in [6.45, 7) is 2.96. The molecule has 2 rings (SSSR count). The number of carboxylic acids is 1. The Balaban J connectivity index is 1.95. The van der Waals surface area contributed by atoms with Crippen LogP contribution in [0.2, 0.25) is 0 Å². The Morgan fingerprint density at radius 3 is 2.48 bits per heavy atom. The zero-order chi connectivity index (χ0) is 16.7. The lowest BCUT2D eigenvalue weighted by molar-refractivity contribution is 0.0696. The van der Waals surface area contributed by atoms with Gasteiger partial charge in [-0.3, -0.25) is 4.79 Å². The molecule has 0 heterocycles. The van der Waals surface area contributed by atoms with Gasteiger partial charge in [0, 0.05) is 12.1 Å². The van der Waals surface area contributed by atoms with Crippen LogP contribution in [0.1, 0.15) is 39.6 Å². The predicted octanol–water partition coefficient (Wildman–Crippen LogP) is 3.10. The fraction of sp³-hybridized carbons (Fsp3) is 0.222. The second-order valence-corrected chi connectivity index (χ2v) is 5.06. The molecule has 2 aromatic carbocycles. The van der Waals surface area contributed by atoms with Crippen LogP contribution in [0.25, 0.3) is 0 Å². The highest BCUT2D eigenvalue weighted by molar-refractivity contribution is 5.94. The molecular formula is C18H19NO4. The van der Waals surface area contributed by atoms with E-state index in [2.05, 4.69) is 5.32 Å². The molecule has 2 aromatic rings. The Hall–Kier alpha value is -2.82. The van der Waals surface area contributed by atoms with Crippen LogP contribution >= 0.6 is 0 Å². The monoisotopic (exact) mass is 313 g/mol. The molecule has 0 aliphatic carbocycles. The Kier molecular flexibility index (Phi) is 5.74. The number of carbonyl (C=O) groups excluding carboxylic acids is 1. The van der Waals surface area contributed by atoms with E-state index < -0.39 is 5.97 Å². The topological polar surface area (TPSA) is 75.6 Å². The number of ether oxygens (including phenoxy) is 1. The van der Waals surface area contributed by atoms with E-state index in [1.807, 2.05) is 13.0 Å². The first-order chi connectivity index (χ1) is 11.1. The fourth-order valence-electron chi connectivity index (χ4n) is 2.00. The maximum absolute atomic E-state index is 12.2. The summed E-state index contributed by atoms with van der Waals surface area (Å²) in [4.78, 5) is 22.9. The van der Waals surface area contributed by atoms with Crippen LogP contribution in [0.3, 0.4) is 0 Å². The second kappa shape index (κ2) is 7.98. The highest BCUT2D eigenvalue weighted by Crippen LogP contribution is 2.14. The molecule has 2 N–H and O–H groups in total. The molecule has 0 saturated heterocycles. The number of rotatable bonds is 7. The van der Waals surface area contributed by atoms with E-state index in [9.17, 15) is 9.59 Å². The number of carbonyl (C=O) groups is 2. The third-order valence-electron chi connectivity index (χ3n) is 3.22. The summed E-state index contributed by atoms with van der Waals surface area (Å²) < 4.78 is 5.51. The van der Waals surface area contributed by atoms with Crippen molar-refractivity contribution in [3.63, 3.8) is 0 Å². The van der Waals surface area contributed by atoms with E-state index in [1.165, 1.54) is 12.1 Å². The van der Waals surface area contributed by atoms with Gasteiger partial charge >= 0.3 is 5.97 Å². The molecule has 1 amide bonds. The Labute approximate surface area is 134 Å². The number of hydrogen-bond donors (Lipinski definition) is 2. The van der Waals surface area contributed by atoms with Gasteiger partial charge in [0.25, 0.3) is 5.91 Å². The van der Waals surface area contributed by atoms with Gasteiger partial charge in [-0.15, -0.1) is 0 Å². The maximum atomic E-state index is 12.2. The molecule has 0 spiro atoms. The van der Waals surface area contributed by atoms with Gasteiger partial charge in [0.1, 0.15) is 5.75 Å². The summed E-state index contributed by atoms with van der Waals surface area (Å²) in [6.07, 6.45) is 0.906. The summed E-state index contributed by atoms with van der Waals surface area (Å²) in [5.74, 6) is -0.496. The maximum Gasteiger partial charge on any atom is 0.335 e. The molecule has 0 radical (unpaired) electrons. The van der Waals surface area contributed by atoms with Crippen molar-refractivity contribution in [2.24, 2.45) is 0 Å². The third-order valence-corrected chi connectivity index (χ3v) is 3.22. The quantitative estimate of drug-likeness (QED) is 0.823. The van der Waals surface area contributed by atoms with Gasteiger partial charge < -0.3 is 15.2 Å². The van der Waals surface area contributed by atoms with Gasteiger partial charge in [-0.25, -0.2) is 4.79 Å². The van der Waals surface area contributed by atoms with Crippen molar-refractivity contribution in [2.45, 2.75) is 19.9 Å². The SMILES string of the molecule is CCCOc1cccc(C(=O)NCc2ccc(C(=O)O)cc2)c1. The lowest BCUT2D eigenvalue weighted by atomic mass is 10.1. The van der Waals surface area contributed by atoms with Crippen LogP contribution in [-0.4, -0.2) is 23.6 Å². The van der Waals surface area contributed by atoms with Crippen LogP contribution < -0.4 is 10.1 Å². The van der Waals surface area contributed by atoms with E-state index >= 15 is 0 Å². The normalized spacial score (nSPS) is 10.1. The first-order valence-corrected chi connectivity index (χ1v) is 7.43. The molecule has 23 heavy (non-hydrogen) atoms. The molecule has 0 atom stereocenters. The van der Waals surface area contributed by atoms with Gasteiger partial charge in [-0.2, -0.15) is 0 Å². The Morgan fingerprint density at radius 1 is 1.09 bits per heavy atom. The van der Waals surface area contributed by atoms with Gasteiger partial charge in [0.05, 0.1) is 12.2 Å². The van der Waals surface area contributed by atoms with E-state index in [-0.39, 0.29) is 11.5 Å². The zero-order valence-electron chi connectivity index (χ0n) is 12.9. The van der Waals surface area contributed by atoms with Crippen molar-refractivity contribution in [3.05, 3.63) is 65.2 Å². The lowest BCUT2D eigenvalue weighted by Gasteiger charge is -2.08. The standard InChI is InChI=1S/C18H19NO4/c1-2-10-23-16-5-3-4-15(11-16)17(20)19-12-13-6-8-14(9-7-13)18(21)22/h3-9,11H,2,10,12H2,1H3,(H,19,20)(H,21,22). The van der Waals surface area contributed by atoms with Crippen molar-refractivity contribution in [1.82, 2.24) is 5.32 Å². The molecular weight excluding hydrogens is 294 g/mol. The van der Waals surface area contributed by atoms with Crippen LogP contribution in [0.5, 0.6) is 5.75 Å². The average molecular weight is 313 g/mol. The molecule has 0 aliphatic heterocycles. The summed E-state index contributed by atoms with van der Waals surface area (Å²) in [5.41, 5.74) is 1.59. The number of carboxylic acid groups (broad SMARTS) is 1. The van der Waals surface area contributed by atoms with Crippen LogP contribution in [0.4, 0.5) is 0 Å². The highest BCUT2D eigenvalue weighted by atomic mass is 16.5. The molecule has 0 bridgehead atoms. The second-order valence-electron chi connectivity index (χ2n) is 5.06. The number of amides is 1. The van der Waals surface area contributed by atoms with Crippen molar-refractivity contribution in [2.75, 3.05) is 6.61 Å². The molecule has 0 fully saturated rings. The number of benzene rings is 2. The van der Waals surface area contributed by atoms with Crippen molar-refractivity contribution in [3.8, 4) is 5.75 Å². The van der Waals surface area contributed by atoms with E-state index in [0.717, 1.165) is 12.0 Å². The van der Waals surface area contributed by atoms with Crippen molar-refractivity contribution < 1.29 is 19.4 Å². The summed E-state index contributed by atoms with van der Waals surface area (Å²) >= 11 is 0. The predicted molar refractivity (Wildman–Crippen MR) is 86.8 cm³/mol. The first kappa shape index (κ1) is 16.5. The molecule has 5 nitrogen and oxygen atoms in total. The fourth-order valence-corrected chi connectivity index (χ4v) is 2.00. The Morgan fingerprint density at radius 2 is 1.83 bits per heavy atom. The van der Waals surface area contributed by atoms with Crippen LogP contribution in [-0.2, 0) is 6.54 Å². The Bertz CT molecular complexity index is 680. The third kappa shape index (κ3) is 4.85. The number of hydrogen-bond acceptors (Lipinski definition) is 3. The summed E-state index contributed by atoms with van der Waals surface area (Å²) in [6, 6.07) is 13.4. The first-order valence-electron chi connectivity index (χ1n) is 7.43. The molecule has 0 aromatic heterocycles. The van der Waals surface area contributed by atoms with E-state index in [1.54, 1.807) is 30.3 Å². The molecule has 0 saturated carbocycles. The van der Waals surface area contributed by atoms with Crippen molar-refractivity contribution in [1.29, 1.82) is 0 Å². The largest absolute Gasteiger partial charge is 0.494 e. The van der Waals surface area contributed by atoms with Gasteiger partial charge in [0.15, 0.2) is 0 Å². The molecule has 120 valence electrons. The van der Waals surface area contributed by atoms with Crippen LogP contribution in [0.15, 0.2) is 48.5 Å². The number of aromatic carboxylic acids is 1. The van der Waals surface area contributed by atoms with E-state index in [4.69, 9.17) is 9.84 Å². The highest BCUT2D eigenvalue weighted by Gasteiger charge is 2.07. The van der Waals surface area contributed by atoms with Gasteiger partial charge in [-0.1, -0.05) is 25.1 Å². The van der Waals surface area contributed by atoms with Crippen LogP contribution in [0, 0.1) is 0 Å². The minimum atomic E-state index is -0.968. The number of nitrogens with one attached hydrogen (secondary N) is 1. The lowest BCUT2D eigenvalue weighted by Crippen LogP contribution is -2.22. The smallest absolute Gasteiger partial charge is 0.335 e. The van der Waals surface area contributed by atoms with Crippen molar-refractivity contribution >= 4 is 11.9 Å². The minimum absolute atomic E-state index is 0.200. The van der Waals surface area contributed by atoms with E-state index in [0.29, 0.717) is 24.5 Å². The molecule has 0 unspecified atom stereocenters. The molecule has 5 heteroatoms. The summed E-state index contributed by atoms with van der Waals surface area (Å²) in [7, 11) is 0. The summed E-state index contributed by atoms with van der Waals surface area (Å²) in [5, 5.41) is 11.7. The molecule has 0 aliphatic rings.